The monoisotopic (exact) mass is 221 g/mol. The first-order valence-corrected chi connectivity index (χ1v) is 5.53. The molecule has 0 bridgehead atoms. The summed E-state index contributed by atoms with van der Waals surface area (Å²) in [6.45, 7) is 4.03. The van der Waals surface area contributed by atoms with Crippen LogP contribution in [0.25, 0.3) is 0 Å². The van der Waals surface area contributed by atoms with E-state index in [9.17, 15) is 10.1 Å². The number of hydrogen-bond acceptors (Lipinski definition) is 3. The van der Waals surface area contributed by atoms with Crippen molar-refractivity contribution in [3.05, 3.63) is 33.9 Å². The van der Waals surface area contributed by atoms with Gasteiger partial charge >= 0.3 is 5.69 Å². The number of hydrogen-bond donors (Lipinski definition) is 0. The second-order valence-corrected chi connectivity index (χ2v) is 4.42. The molecule has 4 nitrogen and oxygen atoms in total. The number of para-hydroxylation sites is 1. The third kappa shape index (κ3) is 2.15. The van der Waals surface area contributed by atoms with E-state index in [0.29, 0.717) is 5.75 Å². The maximum atomic E-state index is 10.9. The van der Waals surface area contributed by atoms with Gasteiger partial charge < -0.3 is 4.74 Å². The van der Waals surface area contributed by atoms with Crippen LogP contribution in [0.1, 0.15) is 38.2 Å². The first kappa shape index (κ1) is 10.9. The van der Waals surface area contributed by atoms with E-state index in [4.69, 9.17) is 4.74 Å². The van der Waals surface area contributed by atoms with Gasteiger partial charge in [0.05, 0.1) is 11.0 Å². The van der Waals surface area contributed by atoms with Crippen LogP contribution in [0.15, 0.2) is 18.2 Å². The van der Waals surface area contributed by atoms with Gasteiger partial charge in [0.2, 0.25) is 5.75 Å². The zero-order chi connectivity index (χ0) is 11.7. The minimum absolute atomic E-state index is 0.0816. The van der Waals surface area contributed by atoms with Crippen LogP contribution in [0.3, 0.4) is 0 Å². The second-order valence-electron chi connectivity index (χ2n) is 4.42. The lowest BCUT2D eigenvalue weighted by Crippen LogP contribution is -2.04. The molecule has 0 unspecified atom stereocenters. The Bertz CT molecular complexity index is 411. The Morgan fingerprint density at radius 1 is 1.44 bits per heavy atom. The van der Waals surface area contributed by atoms with Crippen molar-refractivity contribution in [3.8, 4) is 5.75 Å². The summed E-state index contributed by atoms with van der Waals surface area (Å²) < 4.78 is 5.67. The van der Waals surface area contributed by atoms with Crippen LogP contribution in [-0.4, -0.2) is 11.0 Å². The fourth-order valence-corrected chi connectivity index (χ4v) is 1.62. The Balaban J connectivity index is 2.42. The average molecular weight is 221 g/mol. The van der Waals surface area contributed by atoms with Crippen molar-refractivity contribution >= 4 is 5.69 Å². The van der Waals surface area contributed by atoms with Crippen LogP contribution >= 0.6 is 0 Å². The van der Waals surface area contributed by atoms with Gasteiger partial charge in [-0.2, -0.15) is 0 Å². The number of rotatable bonds is 4. The van der Waals surface area contributed by atoms with Gasteiger partial charge in [-0.25, -0.2) is 0 Å². The molecule has 1 fully saturated rings. The van der Waals surface area contributed by atoms with E-state index in [1.54, 1.807) is 6.07 Å². The van der Waals surface area contributed by atoms with Gasteiger partial charge in [-0.3, -0.25) is 10.1 Å². The third-order valence-corrected chi connectivity index (χ3v) is 2.65. The van der Waals surface area contributed by atoms with E-state index >= 15 is 0 Å². The van der Waals surface area contributed by atoms with Crippen LogP contribution < -0.4 is 4.74 Å². The van der Waals surface area contributed by atoms with Crippen LogP contribution in [0.2, 0.25) is 0 Å². The zero-order valence-corrected chi connectivity index (χ0v) is 9.47. The first-order valence-electron chi connectivity index (χ1n) is 5.53. The summed E-state index contributed by atoms with van der Waals surface area (Å²) in [6.07, 6.45) is 2.19. The fraction of sp³-hybridized carbons (Fsp3) is 0.500. The van der Waals surface area contributed by atoms with E-state index in [1.807, 2.05) is 19.9 Å². The van der Waals surface area contributed by atoms with Crippen LogP contribution in [-0.2, 0) is 0 Å². The lowest BCUT2D eigenvalue weighted by Gasteiger charge is -2.13. The molecule has 0 radical (unpaired) electrons. The van der Waals surface area contributed by atoms with Crippen molar-refractivity contribution < 1.29 is 9.66 Å². The summed E-state index contributed by atoms with van der Waals surface area (Å²) in [5.41, 5.74) is 0.999. The SMILES string of the molecule is CC(C)c1cccc([N+](=O)[O-])c1OC1CC1. The molecular formula is C12H15NO3. The molecule has 0 saturated heterocycles. The summed E-state index contributed by atoms with van der Waals surface area (Å²) in [6, 6.07) is 5.12. The smallest absolute Gasteiger partial charge is 0.311 e. The lowest BCUT2D eigenvalue weighted by atomic mass is 10.0. The highest BCUT2D eigenvalue weighted by Crippen LogP contribution is 2.39. The third-order valence-electron chi connectivity index (χ3n) is 2.65. The summed E-state index contributed by atoms with van der Waals surface area (Å²) in [5, 5.41) is 10.9. The van der Waals surface area contributed by atoms with E-state index in [-0.39, 0.29) is 22.6 Å². The number of benzene rings is 1. The molecule has 1 aliphatic rings. The highest BCUT2D eigenvalue weighted by Gasteiger charge is 2.29. The van der Waals surface area contributed by atoms with Crippen molar-refractivity contribution in [1.82, 2.24) is 0 Å². The van der Waals surface area contributed by atoms with E-state index < -0.39 is 0 Å². The van der Waals surface area contributed by atoms with Crippen molar-refractivity contribution in [3.63, 3.8) is 0 Å². The molecule has 4 heteroatoms. The summed E-state index contributed by atoms with van der Waals surface area (Å²) >= 11 is 0. The maximum Gasteiger partial charge on any atom is 0.311 e. The second kappa shape index (κ2) is 4.12. The summed E-state index contributed by atoms with van der Waals surface area (Å²) in [5.74, 6) is 0.693. The molecule has 0 amide bonds. The fourth-order valence-electron chi connectivity index (χ4n) is 1.62. The van der Waals surface area contributed by atoms with E-state index in [0.717, 1.165) is 18.4 Å². The van der Waals surface area contributed by atoms with Crippen molar-refractivity contribution in [2.24, 2.45) is 0 Å². The zero-order valence-electron chi connectivity index (χ0n) is 9.47. The van der Waals surface area contributed by atoms with Gasteiger partial charge in [0.15, 0.2) is 0 Å². The van der Waals surface area contributed by atoms with Crippen molar-refractivity contribution in [2.75, 3.05) is 0 Å². The topological polar surface area (TPSA) is 52.4 Å². The van der Waals surface area contributed by atoms with Gasteiger partial charge in [-0.05, 0) is 18.8 Å². The molecule has 0 aromatic heterocycles. The molecular weight excluding hydrogens is 206 g/mol. The van der Waals surface area contributed by atoms with Crippen molar-refractivity contribution in [2.45, 2.75) is 38.7 Å². The number of ether oxygens (including phenoxy) is 1. The number of nitro groups is 1. The van der Waals surface area contributed by atoms with E-state index in [2.05, 4.69) is 0 Å². The maximum absolute atomic E-state index is 10.9. The van der Waals surface area contributed by atoms with Gasteiger partial charge in [0.1, 0.15) is 0 Å². The quantitative estimate of drug-likeness (QED) is 0.579. The van der Waals surface area contributed by atoms with Crippen LogP contribution in [0.5, 0.6) is 5.75 Å². The highest BCUT2D eigenvalue weighted by molar-refractivity contribution is 5.53. The van der Waals surface area contributed by atoms with Gasteiger partial charge in [-0.15, -0.1) is 0 Å². The van der Waals surface area contributed by atoms with Crippen LogP contribution in [0, 0.1) is 10.1 Å². The van der Waals surface area contributed by atoms with Crippen molar-refractivity contribution in [1.29, 1.82) is 0 Å². The summed E-state index contributed by atoms with van der Waals surface area (Å²) in [7, 11) is 0. The number of nitro benzene ring substituents is 1. The Labute approximate surface area is 94.4 Å². The highest BCUT2D eigenvalue weighted by atomic mass is 16.6. The largest absolute Gasteiger partial charge is 0.483 e. The molecule has 0 heterocycles. The molecule has 0 N–H and O–H groups in total. The minimum atomic E-state index is -0.371. The molecule has 16 heavy (non-hydrogen) atoms. The molecule has 0 spiro atoms. The predicted octanol–water partition coefficient (Wildman–Crippen LogP) is 3.26. The predicted molar refractivity (Wildman–Crippen MR) is 60.8 cm³/mol. The molecule has 86 valence electrons. The molecule has 1 aliphatic carbocycles. The summed E-state index contributed by atoms with van der Waals surface area (Å²) in [4.78, 5) is 10.6. The Morgan fingerprint density at radius 3 is 2.62 bits per heavy atom. The molecule has 0 aliphatic heterocycles. The Kier molecular flexibility index (Phi) is 2.81. The molecule has 1 aromatic carbocycles. The molecule has 1 aromatic rings. The molecule has 2 rings (SSSR count). The van der Waals surface area contributed by atoms with E-state index in [1.165, 1.54) is 6.07 Å². The molecule has 0 atom stereocenters. The van der Waals surface area contributed by atoms with Gasteiger partial charge in [0.25, 0.3) is 0 Å². The number of nitrogens with zero attached hydrogens (tertiary/aromatic N) is 1. The first-order chi connectivity index (χ1) is 7.59. The average Bonchev–Trinajstić information content (AvgIpc) is 3.01. The minimum Gasteiger partial charge on any atom is -0.483 e. The Morgan fingerprint density at radius 2 is 2.12 bits per heavy atom. The van der Waals surface area contributed by atoms with Gasteiger partial charge in [0, 0.05) is 11.6 Å². The van der Waals surface area contributed by atoms with Gasteiger partial charge in [-0.1, -0.05) is 26.0 Å². The normalized spacial score (nSPS) is 15.2. The lowest BCUT2D eigenvalue weighted by molar-refractivity contribution is -0.386. The Hall–Kier alpha value is -1.58. The standard InChI is InChI=1S/C12H15NO3/c1-8(2)10-4-3-5-11(13(14)15)12(10)16-9-6-7-9/h3-5,8-9H,6-7H2,1-2H3. The van der Waals surface area contributed by atoms with Crippen LogP contribution in [0.4, 0.5) is 5.69 Å². The molecule has 1 saturated carbocycles.